The van der Waals surface area contributed by atoms with Gasteiger partial charge in [0.1, 0.15) is 12.4 Å². The minimum absolute atomic E-state index is 0. The average Bonchev–Trinajstić information content (AvgIpc) is 2.59. The highest BCUT2D eigenvalue weighted by Crippen LogP contribution is 2.22. The van der Waals surface area contributed by atoms with E-state index in [1.807, 2.05) is 12.1 Å². The molecule has 2 atom stereocenters. The van der Waals surface area contributed by atoms with Crippen molar-refractivity contribution in [3.63, 3.8) is 0 Å². The van der Waals surface area contributed by atoms with Crippen LogP contribution in [0.5, 0.6) is 5.75 Å². The molecule has 1 aromatic heterocycles. The monoisotopic (exact) mass is 278 g/mol. The molecule has 3 nitrogen and oxygen atoms in total. The van der Waals surface area contributed by atoms with Crippen LogP contribution in [0.1, 0.15) is 19.8 Å². The van der Waals surface area contributed by atoms with E-state index < -0.39 is 0 Å². The third-order valence-corrected chi connectivity index (χ3v) is 3.27. The van der Waals surface area contributed by atoms with Gasteiger partial charge < -0.3 is 4.74 Å². The lowest BCUT2D eigenvalue weighted by Crippen LogP contribution is -2.34. The highest BCUT2D eigenvalue weighted by atomic mass is 35.5. The Morgan fingerprint density at radius 1 is 1.41 bits per heavy atom. The smallest absolute Gasteiger partial charge is 0.137 e. The van der Waals surface area contributed by atoms with Crippen molar-refractivity contribution in [3.8, 4) is 5.75 Å². The summed E-state index contributed by atoms with van der Waals surface area (Å²) in [7, 11) is 2.18. The molecule has 0 bridgehead atoms. The Balaban J connectivity index is 0.00000128. The van der Waals surface area contributed by atoms with Gasteiger partial charge in [0, 0.05) is 18.3 Å². The van der Waals surface area contributed by atoms with Gasteiger partial charge in [0.05, 0.1) is 6.20 Å². The lowest BCUT2D eigenvalue weighted by atomic mass is 10.2. The second kappa shape index (κ2) is 7.75. The van der Waals surface area contributed by atoms with E-state index in [2.05, 4.69) is 23.9 Å². The molecule has 5 heteroatoms. The van der Waals surface area contributed by atoms with Crippen molar-refractivity contribution in [1.29, 1.82) is 0 Å². The van der Waals surface area contributed by atoms with E-state index in [0.29, 0.717) is 12.1 Å². The molecule has 1 saturated heterocycles. The summed E-state index contributed by atoms with van der Waals surface area (Å²) in [5.41, 5.74) is 0. The van der Waals surface area contributed by atoms with E-state index in [9.17, 15) is 0 Å². The van der Waals surface area contributed by atoms with Crippen LogP contribution in [0.4, 0.5) is 0 Å². The predicted octanol–water partition coefficient (Wildman–Crippen LogP) is 2.79. The molecule has 0 saturated carbocycles. The van der Waals surface area contributed by atoms with Gasteiger partial charge in [-0.2, -0.15) is 0 Å². The molecule has 0 radical (unpaired) electrons. The number of ether oxygens (including phenoxy) is 1. The summed E-state index contributed by atoms with van der Waals surface area (Å²) in [6.45, 7) is 3.04. The Morgan fingerprint density at radius 3 is 2.71 bits per heavy atom. The van der Waals surface area contributed by atoms with Gasteiger partial charge in [0.25, 0.3) is 0 Å². The van der Waals surface area contributed by atoms with E-state index in [1.165, 1.54) is 12.8 Å². The molecule has 0 unspecified atom stereocenters. The third kappa shape index (κ3) is 4.34. The standard InChI is InChI=1S/C12H18N2O.2ClH/c1-10-5-6-11(14(10)2)9-15-12-4-3-7-13-8-12;;/h3-4,7-8,10-11H,5-6,9H2,1-2H3;2*1H/t10-,11-;;/m0../s1. The lowest BCUT2D eigenvalue weighted by molar-refractivity contribution is 0.174. The summed E-state index contributed by atoms with van der Waals surface area (Å²) in [5.74, 6) is 0.866. The van der Waals surface area contributed by atoms with Crippen molar-refractivity contribution in [3.05, 3.63) is 24.5 Å². The lowest BCUT2D eigenvalue weighted by Gasteiger charge is -2.23. The molecule has 2 rings (SSSR count). The number of rotatable bonds is 3. The molecule has 1 aliphatic rings. The van der Waals surface area contributed by atoms with Crippen molar-refractivity contribution in [2.45, 2.75) is 31.8 Å². The number of halogens is 2. The first-order valence-electron chi connectivity index (χ1n) is 5.52. The molecule has 0 N–H and O–H groups in total. The van der Waals surface area contributed by atoms with E-state index in [0.717, 1.165) is 12.4 Å². The third-order valence-electron chi connectivity index (χ3n) is 3.27. The second-order valence-electron chi connectivity index (χ2n) is 4.25. The molecule has 98 valence electrons. The van der Waals surface area contributed by atoms with Crippen LogP contribution in [0.25, 0.3) is 0 Å². The number of hydrogen-bond donors (Lipinski definition) is 0. The molecular formula is C12H20Cl2N2O. The van der Waals surface area contributed by atoms with Crippen LogP contribution < -0.4 is 4.74 Å². The maximum atomic E-state index is 5.70. The van der Waals surface area contributed by atoms with Crippen LogP contribution >= 0.6 is 24.8 Å². The number of likely N-dealkylation sites (tertiary alicyclic amines) is 1. The number of hydrogen-bond acceptors (Lipinski definition) is 3. The van der Waals surface area contributed by atoms with E-state index >= 15 is 0 Å². The molecule has 2 heterocycles. The van der Waals surface area contributed by atoms with Gasteiger partial charge in [-0.05, 0) is 38.9 Å². The first kappa shape index (κ1) is 16.5. The quantitative estimate of drug-likeness (QED) is 0.850. The summed E-state index contributed by atoms with van der Waals surface area (Å²) in [4.78, 5) is 6.42. The van der Waals surface area contributed by atoms with Gasteiger partial charge in [-0.3, -0.25) is 9.88 Å². The second-order valence-corrected chi connectivity index (χ2v) is 4.25. The normalized spacial score (nSPS) is 23.6. The van der Waals surface area contributed by atoms with Crippen LogP contribution in [-0.4, -0.2) is 35.6 Å². The molecule has 1 aromatic rings. The molecule has 0 amide bonds. The Labute approximate surface area is 115 Å². The maximum Gasteiger partial charge on any atom is 0.137 e. The van der Waals surface area contributed by atoms with Gasteiger partial charge >= 0.3 is 0 Å². The Bertz CT molecular complexity index is 311. The number of nitrogens with zero attached hydrogens (tertiary/aromatic N) is 2. The Morgan fingerprint density at radius 2 is 2.18 bits per heavy atom. The fourth-order valence-electron chi connectivity index (χ4n) is 2.03. The Kier molecular flexibility index (Phi) is 7.51. The number of aromatic nitrogens is 1. The van der Waals surface area contributed by atoms with Crippen molar-refractivity contribution >= 4 is 24.8 Å². The number of pyridine rings is 1. The largest absolute Gasteiger partial charge is 0.490 e. The minimum Gasteiger partial charge on any atom is -0.490 e. The SMILES string of the molecule is C[C@H]1CC[C@@H](COc2cccnc2)N1C.Cl.Cl. The first-order valence-corrected chi connectivity index (χ1v) is 5.52. The molecule has 17 heavy (non-hydrogen) atoms. The van der Waals surface area contributed by atoms with Gasteiger partial charge in [-0.15, -0.1) is 24.8 Å². The molecule has 0 aliphatic carbocycles. The van der Waals surface area contributed by atoms with Crippen LogP contribution in [-0.2, 0) is 0 Å². The van der Waals surface area contributed by atoms with E-state index in [-0.39, 0.29) is 24.8 Å². The van der Waals surface area contributed by atoms with Gasteiger partial charge in [0.2, 0.25) is 0 Å². The van der Waals surface area contributed by atoms with Crippen LogP contribution in [0, 0.1) is 0 Å². The van der Waals surface area contributed by atoms with Crippen molar-refractivity contribution in [2.24, 2.45) is 0 Å². The van der Waals surface area contributed by atoms with Crippen molar-refractivity contribution in [1.82, 2.24) is 9.88 Å². The molecular weight excluding hydrogens is 259 g/mol. The average molecular weight is 279 g/mol. The van der Waals surface area contributed by atoms with E-state index in [1.54, 1.807) is 12.4 Å². The van der Waals surface area contributed by atoms with Crippen molar-refractivity contribution < 1.29 is 4.74 Å². The fourth-order valence-corrected chi connectivity index (χ4v) is 2.03. The zero-order valence-electron chi connectivity index (χ0n) is 10.2. The maximum absolute atomic E-state index is 5.70. The fraction of sp³-hybridized carbons (Fsp3) is 0.583. The summed E-state index contributed by atoms with van der Waals surface area (Å²) in [6, 6.07) is 5.09. The molecule has 0 aromatic carbocycles. The highest BCUT2D eigenvalue weighted by Gasteiger charge is 2.27. The molecule has 1 aliphatic heterocycles. The first-order chi connectivity index (χ1) is 7.27. The van der Waals surface area contributed by atoms with Gasteiger partial charge in [-0.25, -0.2) is 0 Å². The summed E-state index contributed by atoms with van der Waals surface area (Å²) in [5, 5.41) is 0. The topological polar surface area (TPSA) is 25.4 Å². The highest BCUT2D eigenvalue weighted by molar-refractivity contribution is 5.85. The molecule has 1 fully saturated rings. The summed E-state index contributed by atoms with van der Waals surface area (Å²) < 4.78 is 5.70. The van der Waals surface area contributed by atoms with Gasteiger partial charge in [0.15, 0.2) is 0 Å². The van der Waals surface area contributed by atoms with Gasteiger partial charge in [-0.1, -0.05) is 0 Å². The van der Waals surface area contributed by atoms with Crippen LogP contribution in [0.3, 0.4) is 0 Å². The summed E-state index contributed by atoms with van der Waals surface area (Å²) in [6.07, 6.45) is 6.03. The molecule has 0 spiro atoms. The van der Waals surface area contributed by atoms with Crippen LogP contribution in [0.15, 0.2) is 24.5 Å². The van der Waals surface area contributed by atoms with Crippen molar-refractivity contribution in [2.75, 3.05) is 13.7 Å². The minimum atomic E-state index is 0. The van der Waals surface area contributed by atoms with Crippen LogP contribution in [0.2, 0.25) is 0 Å². The number of likely N-dealkylation sites (N-methyl/N-ethyl adjacent to an activating group) is 1. The van der Waals surface area contributed by atoms with E-state index in [4.69, 9.17) is 4.74 Å². The zero-order valence-corrected chi connectivity index (χ0v) is 11.8. The zero-order chi connectivity index (χ0) is 10.7. The Hall–Kier alpha value is -0.510. The summed E-state index contributed by atoms with van der Waals surface area (Å²) >= 11 is 0. The predicted molar refractivity (Wildman–Crippen MR) is 74.5 cm³/mol.